The highest BCUT2D eigenvalue weighted by Gasteiger charge is 2.43. The Kier molecular flexibility index (Phi) is 6.47. The molecule has 0 fully saturated rings. The molecule has 4 rings (SSSR count). The number of dihydropyridines is 1. The van der Waals surface area contributed by atoms with Gasteiger partial charge >= 0.3 is 5.97 Å². The van der Waals surface area contributed by atoms with Crippen LogP contribution in [0.5, 0.6) is 11.5 Å². The first-order valence-corrected chi connectivity index (χ1v) is 11.4. The summed E-state index contributed by atoms with van der Waals surface area (Å²) in [5.41, 5.74) is 4.27. The van der Waals surface area contributed by atoms with Gasteiger partial charge < -0.3 is 19.5 Å². The summed E-state index contributed by atoms with van der Waals surface area (Å²) in [6.07, 6.45) is 0. The van der Waals surface area contributed by atoms with Gasteiger partial charge in [0.25, 0.3) is 0 Å². The molecule has 0 saturated heterocycles. The molecule has 2 aromatic rings. The Balaban J connectivity index is 1.95. The second-order valence-corrected chi connectivity index (χ2v) is 8.08. The first kappa shape index (κ1) is 22.9. The lowest BCUT2D eigenvalue weighted by Gasteiger charge is -2.30. The summed E-state index contributed by atoms with van der Waals surface area (Å²) in [5, 5.41) is 3.64. The molecule has 6 nitrogen and oxygen atoms in total. The first-order chi connectivity index (χ1) is 15.9. The van der Waals surface area contributed by atoms with E-state index in [1.165, 1.54) is 0 Å². The summed E-state index contributed by atoms with van der Waals surface area (Å²) in [4.78, 5) is 26.6. The molecule has 0 saturated carbocycles. The van der Waals surface area contributed by atoms with Crippen LogP contribution in [-0.4, -0.2) is 31.6 Å². The largest absolute Gasteiger partial charge is 0.490 e. The maximum atomic E-state index is 13.6. The standard InChI is InChI=1S/C26H26ClNO5/c1-5-31-19-13-15(12-18(27)25(19)32-6-2)21-20(26(30)33-7-3)14(4)28-23-16-10-8-9-11-17(16)24(29)22(21)23/h8-13,21,28H,5-7H2,1-4H3/t21-/m1/s1. The number of ether oxygens (including phenoxy) is 3. The summed E-state index contributed by atoms with van der Waals surface area (Å²) >= 11 is 6.61. The van der Waals surface area contributed by atoms with Crippen LogP contribution >= 0.6 is 11.6 Å². The van der Waals surface area contributed by atoms with E-state index >= 15 is 0 Å². The van der Waals surface area contributed by atoms with Crippen LogP contribution in [0, 0.1) is 0 Å². The summed E-state index contributed by atoms with van der Waals surface area (Å²) in [6.45, 7) is 8.34. The van der Waals surface area contributed by atoms with E-state index in [9.17, 15) is 9.59 Å². The number of nitrogens with one attached hydrogen (secondary N) is 1. The van der Waals surface area contributed by atoms with Crippen molar-refractivity contribution in [1.29, 1.82) is 0 Å². The molecular formula is C26H26ClNO5. The molecular weight excluding hydrogens is 442 g/mol. The van der Waals surface area contributed by atoms with Crippen LogP contribution in [-0.2, 0) is 9.53 Å². The zero-order chi connectivity index (χ0) is 23.7. The Bertz CT molecular complexity index is 1200. The number of halogens is 1. The molecule has 0 aromatic heterocycles. The third kappa shape index (κ3) is 3.89. The number of esters is 1. The van der Waals surface area contributed by atoms with Gasteiger partial charge in [-0.25, -0.2) is 4.79 Å². The van der Waals surface area contributed by atoms with E-state index < -0.39 is 11.9 Å². The lowest BCUT2D eigenvalue weighted by molar-refractivity contribution is -0.138. The van der Waals surface area contributed by atoms with Gasteiger partial charge in [-0.2, -0.15) is 0 Å². The van der Waals surface area contributed by atoms with Crippen LogP contribution in [0.1, 0.15) is 55.1 Å². The molecule has 33 heavy (non-hydrogen) atoms. The highest BCUT2D eigenvalue weighted by molar-refractivity contribution is 6.32. The van der Waals surface area contributed by atoms with Crippen molar-refractivity contribution < 1.29 is 23.8 Å². The summed E-state index contributed by atoms with van der Waals surface area (Å²) < 4.78 is 16.9. The summed E-state index contributed by atoms with van der Waals surface area (Å²) in [7, 11) is 0. The molecule has 0 radical (unpaired) electrons. The van der Waals surface area contributed by atoms with Crippen molar-refractivity contribution in [2.75, 3.05) is 19.8 Å². The van der Waals surface area contributed by atoms with Crippen LogP contribution in [0.25, 0.3) is 5.70 Å². The van der Waals surface area contributed by atoms with E-state index in [0.29, 0.717) is 63.4 Å². The fourth-order valence-corrected chi connectivity index (χ4v) is 4.72. The minimum Gasteiger partial charge on any atom is -0.490 e. The normalized spacial score (nSPS) is 16.9. The number of carbonyl (C=O) groups is 2. The molecule has 1 heterocycles. The number of hydrogen-bond donors (Lipinski definition) is 1. The number of rotatable bonds is 7. The van der Waals surface area contributed by atoms with E-state index in [0.717, 1.165) is 5.56 Å². The third-order valence-electron chi connectivity index (χ3n) is 5.70. The number of fused-ring (bicyclic) bond motifs is 2. The summed E-state index contributed by atoms with van der Waals surface area (Å²) in [5.74, 6) is -0.382. The maximum Gasteiger partial charge on any atom is 0.336 e. The fourth-order valence-electron chi connectivity index (χ4n) is 4.44. The number of carbonyl (C=O) groups excluding carboxylic acids is 2. The molecule has 1 N–H and O–H groups in total. The Labute approximate surface area is 198 Å². The van der Waals surface area contributed by atoms with E-state index in [4.69, 9.17) is 25.8 Å². The molecule has 0 bridgehead atoms. The van der Waals surface area contributed by atoms with Crippen molar-refractivity contribution >= 4 is 29.1 Å². The van der Waals surface area contributed by atoms with Crippen molar-refractivity contribution in [3.63, 3.8) is 0 Å². The number of Topliss-reactive ketones (excluding diaryl/α,β-unsaturated/α-hetero) is 1. The van der Waals surface area contributed by atoms with Crippen LogP contribution in [0.15, 0.2) is 53.2 Å². The van der Waals surface area contributed by atoms with Crippen LogP contribution in [0.3, 0.4) is 0 Å². The predicted octanol–water partition coefficient (Wildman–Crippen LogP) is 5.27. The maximum absolute atomic E-state index is 13.6. The Morgan fingerprint density at radius 3 is 2.39 bits per heavy atom. The number of ketones is 1. The molecule has 0 amide bonds. The van der Waals surface area contributed by atoms with Crippen molar-refractivity contribution in [2.24, 2.45) is 0 Å². The van der Waals surface area contributed by atoms with Gasteiger partial charge in [-0.1, -0.05) is 35.9 Å². The summed E-state index contributed by atoms with van der Waals surface area (Å²) in [6, 6.07) is 10.9. The van der Waals surface area contributed by atoms with E-state index in [1.54, 1.807) is 25.1 Å². The van der Waals surface area contributed by atoms with Gasteiger partial charge in [0.1, 0.15) is 0 Å². The minimum absolute atomic E-state index is 0.129. The molecule has 2 aliphatic rings. The predicted molar refractivity (Wildman–Crippen MR) is 127 cm³/mol. The molecule has 2 aromatic carbocycles. The highest BCUT2D eigenvalue weighted by atomic mass is 35.5. The Morgan fingerprint density at radius 2 is 1.73 bits per heavy atom. The highest BCUT2D eigenvalue weighted by Crippen LogP contribution is 2.49. The monoisotopic (exact) mass is 467 g/mol. The zero-order valence-corrected chi connectivity index (χ0v) is 19.8. The number of benzene rings is 2. The van der Waals surface area contributed by atoms with Gasteiger partial charge in [0.2, 0.25) is 0 Å². The Morgan fingerprint density at radius 1 is 1.03 bits per heavy atom. The lowest BCUT2D eigenvalue weighted by Crippen LogP contribution is -2.29. The molecule has 1 atom stereocenters. The van der Waals surface area contributed by atoms with Gasteiger partial charge in [-0.15, -0.1) is 0 Å². The van der Waals surface area contributed by atoms with Crippen molar-refractivity contribution in [3.05, 3.63) is 75.0 Å². The van der Waals surface area contributed by atoms with Crippen molar-refractivity contribution in [3.8, 4) is 11.5 Å². The number of allylic oxidation sites excluding steroid dienone is 2. The van der Waals surface area contributed by atoms with E-state index in [2.05, 4.69) is 5.32 Å². The van der Waals surface area contributed by atoms with E-state index in [-0.39, 0.29) is 12.4 Å². The van der Waals surface area contributed by atoms with Crippen molar-refractivity contribution in [2.45, 2.75) is 33.6 Å². The van der Waals surface area contributed by atoms with Gasteiger partial charge in [0.15, 0.2) is 17.3 Å². The van der Waals surface area contributed by atoms with Crippen LogP contribution in [0.2, 0.25) is 5.02 Å². The average Bonchev–Trinajstić information content (AvgIpc) is 3.07. The molecule has 1 aliphatic carbocycles. The zero-order valence-electron chi connectivity index (χ0n) is 19.1. The second-order valence-electron chi connectivity index (χ2n) is 7.68. The molecule has 1 aliphatic heterocycles. The molecule has 172 valence electrons. The molecule has 0 unspecified atom stereocenters. The Hall–Kier alpha value is -3.25. The van der Waals surface area contributed by atoms with Gasteiger partial charge in [-0.3, -0.25) is 4.79 Å². The average molecular weight is 468 g/mol. The topological polar surface area (TPSA) is 73.9 Å². The smallest absolute Gasteiger partial charge is 0.336 e. The van der Waals surface area contributed by atoms with E-state index in [1.807, 2.05) is 39.0 Å². The quantitative estimate of drug-likeness (QED) is 0.559. The minimum atomic E-state index is -0.674. The molecule has 0 spiro atoms. The first-order valence-electron chi connectivity index (χ1n) is 11.0. The fraction of sp³-hybridized carbons (Fsp3) is 0.308. The second kappa shape index (κ2) is 9.32. The lowest BCUT2D eigenvalue weighted by atomic mass is 9.79. The van der Waals surface area contributed by atoms with Crippen molar-refractivity contribution in [1.82, 2.24) is 5.32 Å². The van der Waals surface area contributed by atoms with Crippen LogP contribution in [0.4, 0.5) is 0 Å². The van der Waals surface area contributed by atoms with Gasteiger partial charge in [0, 0.05) is 28.3 Å². The molecule has 7 heteroatoms. The number of hydrogen-bond acceptors (Lipinski definition) is 6. The SMILES string of the molecule is CCOC(=O)C1=C(C)NC2=C(C(=O)c3ccccc32)[C@@H]1c1cc(Cl)c(OCC)c(OCC)c1. The van der Waals surface area contributed by atoms with Crippen LogP contribution < -0.4 is 14.8 Å². The van der Waals surface area contributed by atoms with Gasteiger partial charge in [0.05, 0.1) is 36.1 Å². The van der Waals surface area contributed by atoms with Gasteiger partial charge in [-0.05, 0) is 45.4 Å². The third-order valence-corrected chi connectivity index (χ3v) is 5.98.